The fraction of sp³-hybridized carbons (Fsp3) is 0. The molecule has 11 rings (SSSR count). The topological polar surface area (TPSA) is 13.1 Å². The van der Waals surface area contributed by atoms with E-state index in [-0.39, 0.29) is 16.5 Å². The minimum atomic E-state index is -0.870. The van der Waals surface area contributed by atoms with Gasteiger partial charge < -0.3 is 4.42 Å². The highest BCUT2D eigenvalue weighted by Crippen LogP contribution is 2.44. The molecule has 0 atom stereocenters. The highest BCUT2D eigenvalue weighted by molar-refractivity contribution is 6.21. The van der Waals surface area contributed by atoms with Gasteiger partial charge in [0.05, 0.1) is 26.0 Å². The maximum absolute atomic E-state index is 9.75. The third kappa shape index (κ3) is 4.79. The average molecular weight is 692 g/mol. The summed E-state index contributed by atoms with van der Waals surface area (Å²) in [7, 11) is 0. The average Bonchev–Trinajstić information content (AvgIpc) is 3.74. The van der Waals surface area contributed by atoms with Crippen LogP contribution in [0.4, 0.5) is 0 Å². The van der Waals surface area contributed by atoms with E-state index < -0.39 is 164 Å². The third-order valence-electron chi connectivity index (χ3n) is 9.61. The van der Waals surface area contributed by atoms with Crippen molar-refractivity contribution in [2.75, 3.05) is 0 Å². The number of rotatable bonds is 4. The number of hydrogen-bond donors (Lipinski definition) is 0. The Morgan fingerprint density at radius 1 is 0.340 bits per heavy atom. The summed E-state index contributed by atoms with van der Waals surface area (Å²) in [5, 5.41) is 0.501. The van der Waals surface area contributed by atoms with Crippen molar-refractivity contribution in [3.8, 4) is 44.5 Å². The molecule has 0 aliphatic rings. The Labute approximate surface area is 333 Å². The molecule has 1 aromatic heterocycles. The fourth-order valence-corrected chi connectivity index (χ4v) is 7.22. The van der Waals surface area contributed by atoms with E-state index in [4.69, 9.17) is 16.8 Å². The van der Waals surface area contributed by atoms with Gasteiger partial charge in [0, 0.05) is 10.8 Å². The van der Waals surface area contributed by atoms with Crippen LogP contribution in [0.15, 0.2) is 198 Å². The van der Waals surface area contributed by atoms with E-state index >= 15 is 0 Å². The van der Waals surface area contributed by atoms with Gasteiger partial charge in [0.15, 0.2) is 0 Å². The third-order valence-corrected chi connectivity index (χ3v) is 9.61. The van der Waals surface area contributed by atoms with Crippen molar-refractivity contribution in [2.24, 2.45) is 0 Å². The van der Waals surface area contributed by atoms with Gasteiger partial charge in [-0.1, -0.05) is 157 Å². The van der Waals surface area contributed by atoms with Crippen LogP contribution < -0.4 is 0 Å². The summed E-state index contributed by atoms with van der Waals surface area (Å²) in [6, 6.07) is 9.80. The molecule has 11 aromatic rings. The molecule has 0 amide bonds. The first-order chi connectivity index (χ1) is 34.2. The molecular weight excluding hydrogens is 641 g/mol. The molecule has 0 unspecified atom stereocenters. The normalized spacial score (nSPS) is 16.8. The monoisotopic (exact) mass is 691 g/mol. The molecule has 1 heteroatoms. The first-order valence-corrected chi connectivity index (χ1v) is 16.7. The zero-order valence-electron chi connectivity index (χ0n) is 46.4. The minimum absolute atomic E-state index is 0.117. The highest BCUT2D eigenvalue weighted by atomic mass is 16.3. The highest BCUT2D eigenvalue weighted by Gasteiger charge is 2.17. The molecular formula is C52H32O. The van der Waals surface area contributed by atoms with Crippen LogP contribution in [0.1, 0.15) is 26.0 Å². The number of fused-ring (bicyclic) bond motifs is 7. The van der Waals surface area contributed by atoms with Crippen LogP contribution >= 0.6 is 0 Å². The molecule has 0 aliphatic heterocycles. The van der Waals surface area contributed by atoms with Gasteiger partial charge in [-0.25, -0.2) is 0 Å². The Bertz CT molecular complexity index is 4220. The zero-order valence-corrected chi connectivity index (χ0v) is 27.4. The summed E-state index contributed by atoms with van der Waals surface area (Å²) in [6.45, 7) is 0. The molecule has 0 N–H and O–H groups in total. The van der Waals surface area contributed by atoms with Crippen LogP contribution in [0.25, 0.3) is 110 Å². The second-order valence-electron chi connectivity index (χ2n) is 12.6. The molecule has 10 aromatic carbocycles. The van der Waals surface area contributed by atoms with Crippen LogP contribution in [0, 0.1) is 0 Å². The standard InChI is InChI=1S/C52H32O/c1-2-12-34(13-3-1)51-44-16-6-8-18-46(44)52(47-19-9-7-17-45(47)51)40-24-23-35-29-36(21-22-37(35)30-40)38-25-27-43-48-31-39(26-28-49(48)53-50(43)32-38)42-20-10-14-33-11-4-5-15-41(33)42/h1-32H/i1D,2D,3D,6D,7D,8D,9D,12D,13D,16D,17D,18D,19D,21D,22D,23D,24D,29D,30D. The smallest absolute Gasteiger partial charge is 0.136 e. The van der Waals surface area contributed by atoms with Crippen molar-refractivity contribution in [2.45, 2.75) is 0 Å². The van der Waals surface area contributed by atoms with Crippen LogP contribution in [0.3, 0.4) is 0 Å². The van der Waals surface area contributed by atoms with Gasteiger partial charge in [-0.15, -0.1) is 0 Å². The lowest BCUT2D eigenvalue weighted by Crippen LogP contribution is -1.90. The summed E-state index contributed by atoms with van der Waals surface area (Å²) in [6.07, 6.45) is 0. The van der Waals surface area contributed by atoms with Crippen molar-refractivity contribution in [3.05, 3.63) is 194 Å². The van der Waals surface area contributed by atoms with Gasteiger partial charge in [0.1, 0.15) is 11.2 Å². The number of benzene rings is 10. The molecule has 1 nitrogen and oxygen atoms in total. The summed E-state index contributed by atoms with van der Waals surface area (Å²) < 4.78 is 179. The largest absolute Gasteiger partial charge is 0.456 e. The van der Waals surface area contributed by atoms with E-state index in [9.17, 15) is 13.7 Å². The maximum Gasteiger partial charge on any atom is 0.136 e. The second-order valence-corrected chi connectivity index (χ2v) is 12.6. The van der Waals surface area contributed by atoms with Crippen LogP contribution in [-0.4, -0.2) is 0 Å². The lowest BCUT2D eigenvalue weighted by atomic mass is 9.85. The summed E-state index contributed by atoms with van der Waals surface area (Å²) in [5.74, 6) is 0. The lowest BCUT2D eigenvalue weighted by molar-refractivity contribution is 0.669. The fourth-order valence-electron chi connectivity index (χ4n) is 7.22. The van der Waals surface area contributed by atoms with E-state index in [1.54, 1.807) is 18.2 Å². The number of furan rings is 1. The second kappa shape index (κ2) is 11.8. The predicted molar refractivity (Wildman–Crippen MR) is 225 cm³/mol. The van der Waals surface area contributed by atoms with Gasteiger partial charge in [-0.2, -0.15) is 0 Å². The van der Waals surface area contributed by atoms with Gasteiger partial charge in [0.25, 0.3) is 0 Å². The SMILES string of the molecule is [2H]c1c([2H])c([2H])c(-c2c3c([2H])c([2H])c([2H])c([2H])c3c(-c3c([2H])c([2H])c4c([2H])c(-c5ccc6c(c5)oc5ccc(-c7cccc8ccccc78)cc56)c([2H])c([2H])c4c3[2H])c3c([2H])c([2H])c([2H])c([2H])c23)c([2H])c1[2H]. The molecule has 0 spiro atoms. The van der Waals surface area contributed by atoms with E-state index in [1.165, 1.54) is 0 Å². The molecule has 0 radical (unpaired) electrons. The van der Waals surface area contributed by atoms with Crippen LogP contribution in [0.2, 0.25) is 0 Å². The maximum atomic E-state index is 9.75. The summed E-state index contributed by atoms with van der Waals surface area (Å²) >= 11 is 0. The van der Waals surface area contributed by atoms with Gasteiger partial charge >= 0.3 is 0 Å². The molecule has 1 heterocycles. The Morgan fingerprint density at radius 2 is 0.962 bits per heavy atom. The lowest BCUT2D eigenvalue weighted by Gasteiger charge is -2.18. The molecule has 0 bridgehead atoms. The Kier molecular flexibility index (Phi) is 3.69. The molecule has 246 valence electrons. The van der Waals surface area contributed by atoms with Gasteiger partial charge in [-0.3, -0.25) is 0 Å². The molecule has 0 saturated heterocycles. The first kappa shape index (κ1) is 16.6. The molecule has 0 aliphatic carbocycles. The number of hydrogen-bond acceptors (Lipinski definition) is 1. The quantitative estimate of drug-likeness (QED) is 0.167. The van der Waals surface area contributed by atoms with E-state index in [0.717, 1.165) is 32.7 Å². The van der Waals surface area contributed by atoms with Crippen molar-refractivity contribution < 1.29 is 30.5 Å². The summed E-state index contributed by atoms with van der Waals surface area (Å²) in [4.78, 5) is 0. The summed E-state index contributed by atoms with van der Waals surface area (Å²) in [5.41, 5.74) is 0.651. The molecule has 53 heavy (non-hydrogen) atoms. The Hall–Kier alpha value is -6.96. The Balaban J connectivity index is 1.20. The van der Waals surface area contributed by atoms with E-state index in [1.807, 2.05) is 54.6 Å². The van der Waals surface area contributed by atoms with E-state index in [2.05, 4.69) is 6.07 Å². The minimum Gasteiger partial charge on any atom is -0.456 e. The molecule has 0 saturated carbocycles. The van der Waals surface area contributed by atoms with Gasteiger partial charge in [0.2, 0.25) is 0 Å². The van der Waals surface area contributed by atoms with Gasteiger partial charge in [-0.05, 0) is 124 Å². The van der Waals surface area contributed by atoms with Crippen LogP contribution in [-0.2, 0) is 0 Å². The predicted octanol–water partition coefficient (Wildman–Crippen LogP) is 14.9. The van der Waals surface area contributed by atoms with E-state index in [0.29, 0.717) is 11.2 Å². The zero-order chi connectivity index (χ0) is 51.4. The van der Waals surface area contributed by atoms with Crippen molar-refractivity contribution in [1.82, 2.24) is 0 Å². The first-order valence-electron chi connectivity index (χ1n) is 26.2. The van der Waals surface area contributed by atoms with Crippen molar-refractivity contribution >= 4 is 65.0 Å². The van der Waals surface area contributed by atoms with Crippen LogP contribution in [0.5, 0.6) is 0 Å². The van der Waals surface area contributed by atoms with Crippen molar-refractivity contribution in [1.29, 1.82) is 0 Å². The van der Waals surface area contributed by atoms with Crippen molar-refractivity contribution in [3.63, 3.8) is 0 Å². The molecule has 0 fully saturated rings. The Morgan fingerprint density at radius 3 is 1.72 bits per heavy atom.